The molecule has 1 saturated carbocycles. The van der Waals surface area contributed by atoms with Crippen molar-refractivity contribution in [2.24, 2.45) is 17.3 Å². The number of methoxy groups -OCH3 is 1. The number of fused-ring (bicyclic) bond motifs is 1. The van der Waals surface area contributed by atoms with Crippen LogP contribution in [0.15, 0.2) is 29.3 Å². The summed E-state index contributed by atoms with van der Waals surface area (Å²) in [4.78, 5) is 43.5. The third-order valence-electron chi connectivity index (χ3n) is 8.93. The van der Waals surface area contributed by atoms with E-state index in [2.05, 4.69) is 18.3 Å². The van der Waals surface area contributed by atoms with Crippen molar-refractivity contribution < 1.29 is 23.9 Å². The van der Waals surface area contributed by atoms with Crippen LogP contribution in [0.4, 0.5) is 0 Å². The van der Waals surface area contributed by atoms with Crippen LogP contribution in [-0.2, 0) is 30.4 Å². The average molecular weight is 559 g/mol. The molecule has 2 amide bonds. The highest BCUT2D eigenvalue weighted by Crippen LogP contribution is 2.51. The van der Waals surface area contributed by atoms with E-state index in [-0.39, 0.29) is 36.7 Å². The zero-order valence-corrected chi connectivity index (χ0v) is 24.7. The fourth-order valence-corrected chi connectivity index (χ4v) is 7.37. The first kappa shape index (κ1) is 29.8. The minimum atomic E-state index is -1.10. The van der Waals surface area contributed by atoms with Gasteiger partial charge in [-0.15, -0.1) is 11.3 Å². The Morgan fingerprint density at radius 2 is 1.92 bits per heavy atom. The summed E-state index contributed by atoms with van der Waals surface area (Å²) in [6.45, 7) is 5.13. The van der Waals surface area contributed by atoms with E-state index in [1.807, 2.05) is 29.3 Å². The van der Waals surface area contributed by atoms with E-state index in [0.717, 1.165) is 42.7 Å². The zero-order valence-electron chi connectivity index (χ0n) is 23.9. The van der Waals surface area contributed by atoms with Gasteiger partial charge in [0.1, 0.15) is 5.41 Å². The molecule has 0 spiro atoms. The molecule has 3 heterocycles. The van der Waals surface area contributed by atoms with Crippen LogP contribution in [0.2, 0.25) is 0 Å². The number of esters is 1. The molecule has 216 valence electrons. The maximum Gasteiger partial charge on any atom is 0.320 e. The first-order valence-electron chi connectivity index (χ1n) is 15.0. The number of hydrogen-bond donors (Lipinski definition) is 1. The first-order chi connectivity index (χ1) is 18.9. The molecule has 1 saturated heterocycles. The molecule has 0 radical (unpaired) electrons. The molecule has 2 fully saturated rings. The second kappa shape index (κ2) is 13.9. The third-order valence-corrected chi connectivity index (χ3v) is 9.81. The molecule has 0 aromatic carbocycles. The Bertz CT molecular complexity index is 1000. The summed E-state index contributed by atoms with van der Waals surface area (Å²) in [7, 11) is 1.40. The van der Waals surface area contributed by atoms with E-state index < -0.39 is 17.4 Å². The number of carbonyl (C=O) groups is 3. The van der Waals surface area contributed by atoms with Crippen molar-refractivity contribution in [3.05, 3.63) is 34.2 Å². The first-order valence-corrected chi connectivity index (χ1v) is 15.8. The number of hydrogen-bond acceptors (Lipinski definition) is 6. The Labute approximate surface area is 237 Å². The van der Waals surface area contributed by atoms with Crippen molar-refractivity contribution >= 4 is 29.1 Å². The number of thiophene rings is 1. The summed E-state index contributed by atoms with van der Waals surface area (Å²) < 4.78 is 11.9. The standard InChI is InChI=1S/C31H46N2O5S/c1-4-5-6-7-8-11-16-33-27-19-26(23-13-9-10-14-23)38-22(2)31(27,30(36)37-3)20-24(29(33)35)18-28(34)32-21-25-15-12-17-39-25/h12,15,17,19,22-24,26H,4-11,13-14,16,18,20-21H2,1-3H3,(H,32,34)/t22-,24+,26-,31+/m1/s1. The highest BCUT2D eigenvalue weighted by Gasteiger charge is 2.59. The summed E-state index contributed by atoms with van der Waals surface area (Å²) in [5, 5.41) is 4.94. The van der Waals surface area contributed by atoms with Gasteiger partial charge in [0.25, 0.3) is 0 Å². The lowest BCUT2D eigenvalue weighted by Crippen LogP contribution is -2.60. The second-order valence-corrected chi connectivity index (χ2v) is 12.6. The minimum absolute atomic E-state index is 0.0437. The van der Waals surface area contributed by atoms with Gasteiger partial charge in [0.05, 0.1) is 25.9 Å². The molecule has 4 rings (SSSR count). The average Bonchev–Trinajstić information content (AvgIpc) is 3.66. The van der Waals surface area contributed by atoms with Crippen molar-refractivity contribution in [1.82, 2.24) is 10.2 Å². The number of carbonyl (C=O) groups excluding carboxylic acids is 3. The fraction of sp³-hybridized carbons (Fsp3) is 0.710. The number of nitrogens with zero attached hydrogens (tertiary/aromatic N) is 1. The van der Waals surface area contributed by atoms with Crippen molar-refractivity contribution in [2.45, 2.75) is 110 Å². The molecule has 4 atom stereocenters. The van der Waals surface area contributed by atoms with E-state index in [9.17, 15) is 14.4 Å². The molecule has 39 heavy (non-hydrogen) atoms. The molecule has 1 N–H and O–H groups in total. The topological polar surface area (TPSA) is 84.9 Å². The predicted octanol–water partition coefficient (Wildman–Crippen LogP) is 5.98. The molecule has 1 aromatic heterocycles. The van der Waals surface area contributed by atoms with Crippen LogP contribution < -0.4 is 5.32 Å². The SMILES string of the molecule is CCCCCCCCN1C(=O)[C@@H](CC(=O)NCc2cccs2)C[C@@]2(C(=O)OC)C1=C[C@H](C1CCCC1)O[C@@H]2C. The van der Waals surface area contributed by atoms with Gasteiger partial charge in [0, 0.05) is 29.5 Å². The maximum absolute atomic E-state index is 14.0. The van der Waals surface area contributed by atoms with Gasteiger partial charge in [-0.1, -0.05) is 57.9 Å². The van der Waals surface area contributed by atoms with Gasteiger partial charge in [-0.2, -0.15) is 0 Å². The number of amides is 2. The van der Waals surface area contributed by atoms with Crippen LogP contribution in [0.3, 0.4) is 0 Å². The Morgan fingerprint density at radius 1 is 1.18 bits per heavy atom. The number of piperidine rings is 1. The normalized spacial score (nSPS) is 27.3. The number of rotatable bonds is 13. The molecule has 7 nitrogen and oxygen atoms in total. The predicted molar refractivity (Wildman–Crippen MR) is 153 cm³/mol. The molecule has 0 bridgehead atoms. The van der Waals surface area contributed by atoms with E-state index in [1.165, 1.54) is 39.2 Å². The van der Waals surface area contributed by atoms with Gasteiger partial charge < -0.3 is 19.7 Å². The van der Waals surface area contributed by atoms with Crippen LogP contribution in [0, 0.1) is 17.3 Å². The van der Waals surface area contributed by atoms with Crippen LogP contribution in [0.5, 0.6) is 0 Å². The van der Waals surface area contributed by atoms with E-state index >= 15 is 0 Å². The van der Waals surface area contributed by atoms with Crippen LogP contribution in [-0.4, -0.2) is 48.5 Å². The molecule has 8 heteroatoms. The van der Waals surface area contributed by atoms with Crippen LogP contribution in [0.25, 0.3) is 0 Å². The van der Waals surface area contributed by atoms with Crippen LogP contribution >= 0.6 is 11.3 Å². The lowest BCUT2D eigenvalue weighted by Gasteiger charge is -2.52. The monoisotopic (exact) mass is 558 g/mol. The van der Waals surface area contributed by atoms with E-state index in [1.54, 1.807) is 11.3 Å². The van der Waals surface area contributed by atoms with Crippen LogP contribution in [0.1, 0.15) is 95.8 Å². The van der Waals surface area contributed by atoms with Gasteiger partial charge in [0.2, 0.25) is 11.8 Å². The summed E-state index contributed by atoms with van der Waals surface area (Å²) >= 11 is 1.58. The van der Waals surface area contributed by atoms with Gasteiger partial charge >= 0.3 is 5.97 Å². The Kier molecular flexibility index (Phi) is 10.6. The fourth-order valence-electron chi connectivity index (χ4n) is 6.72. The Balaban J connectivity index is 1.59. The molecule has 1 aromatic rings. The van der Waals surface area contributed by atoms with Crippen molar-refractivity contribution in [2.75, 3.05) is 13.7 Å². The highest BCUT2D eigenvalue weighted by atomic mass is 32.1. The smallest absolute Gasteiger partial charge is 0.320 e. The number of likely N-dealkylation sites (tertiary alicyclic amines) is 1. The number of ether oxygens (including phenoxy) is 2. The molecule has 1 aliphatic carbocycles. The lowest BCUT2D eigenvalue weighted by atomic mass is 9.66. The van der Waals surface area contributed by atoms with Gasteiger partial charge in [0.15, 0.2) is 0 Å². The van der Waals surface area contributed by atoms with E-state index in [4.69, 9.17) is 9.47 Å². The largest absolute Gasteiger partial charge is 0.468 e. The van der Waals surface area contributed by atoms with E-state index in [0.29, 0.717) is 19.0 Å². The van der Waals surface area contributed by atoms with Gasteiger partial charge in [-0.25, -0.2) is 0 Å². The molecular formula is C31H46N2O5S. The van der Waals surface area contributed by atoms with Crippen molar-refractivity contribution in [1.29, 1.82) is 0 Å². The second-order valence-electron chi connectivity index (χ2n) is 11.5. The van der Waals surface area contributed by atoms with Gasteiger partial charge in [-0.3, -0.25) is 14.4 Å². The summed E-state index contributed by atoms with van der Waals surface area (Å²) in [6.07, 6.45) is 13.0. The van der Waals surface area contributed by atoms with Crippen molar-refractivity contribution in [3.63, 3.8) is 0 Å². The zero-order chi connectivity index (χ0) is 27.8. The minimum Gasteiger partial charge on any atom is -0.468 e. The highest BCUT2D eigenvalue weighted by molar-refractivity contribution is 7.09. The Morgan fingerprint density at radius 3 is 2.62 bits per heavy atom. The third kappa shape index (κ3) is 6.76. The summed E-state index contributed by atoms with van der Waals surface area (Å²) in [5.74, 6) is -0.821. The lowest BCUT2D eigenvalue weighted by molar-refractivity contribution is -0.177. The quantitative estimate of drug-likeness (QED) is 0.238. The maximum atomic E-state index is 14.0. The summed E-state index contributed by atoms with van der Waals surface area (Å²) in [6, 6.07) is 3.93. The number of unbranched alkanes of at least 4 members (excludes halogenated alkanes) is 5. The molecular weight excluding hydrogens is 512 g/mol. The van der Waals surface area contributed by atoms with Crippen molar-refractivity contribution in [3.8, 4) is 0 Å². The summed E-state index contributed by atoms with van der Waals surface area (Å²) in [5.41, 5.74) is -0.350. The Hall–Kier alpha value is -2.19. The van der Waals surface area contributed by atoms with Gasteiger partial charge in [-0.05, 0) is 56.0 Å². The molecule has 3 aliphatic rings. The molecule has 0 unspecified atom stereocenters. The number of nitrogens with one attached hydrogen (secondary N) is 1. The molecule has 2 aliphatic heterocycles.